The normalized spacial score (nSPS) is 11.5. The van der Waals surface area contributed by atoms with E-state index in [0.717, 1.165) is 20.1 Å². The lowest BCUT2D eigenvalue weighted by atomic mass is 10.2. The molecule has 5 heteroatoms. The van der Waals surface area contributed by atoms with Crippen LogP contribution in [0.2, 0.25) is 0 Å². The molecule has 0 aliphatic rings. The summed E-state index contributed by atoms with van der Waals surface area (Å²) in [6.07, 6.45) is 0. The number of nitrogens with zero attached hydrogens (tertiary/aromatic N) is 1. The van der Waals surface area contributed by atoms with E-state index in [0.29, 0.717) is 5.75 Å². The van der Waals surface area contributed by atoms with E-state index in [2.05, 4.69) is 4.99 Å². The zero-order valence-corrected chi connectivity index (χ0v) is 14.1. The van der Waals surface area contributed by atoms with Crippen molar-refractivity contribution in [1.29, 1.82) is 0 Å². The van der Waals surface area contributed by atoms with Crippen LogP contribution in [0.1, 0.15) is 10.4 Å². The second-order valence-electron chi connectivity index (χ2n) is 4.49. The fraction of sp³-hybridized carbons (Fsp3) is 0.0588. The number of carbonyl (C=O) groups is 1. The van der Waals surface area contributed by atoms with Crippen LogP contribution >= 0.6 is 32.4 Å². The SMILES string of the molecule is O=C(CSc1cc(=Nc2ccccc2)ss1)c1ccccc1. The Morgan fingerprint density at radius 3 is 2.36 bits per heavy atom. The summed E-state index contributed by atoms with van der Waals surface area (Å²) in [5.74, 6) is 0.618. The Morgan fingerprint density at radius 1 is 0.955 bits per heavy atom. The Bertz CT molecular complexity index is 806. The number of benzene rings is 2. The van der Waals surface area contributed by atoms with Crippen LogP contribution in [-0.2, 0) is 0 Å². The maximum absolute atomic E-state index is 12.1. The maximum atomic E-state index is 12.1. The quantitative estimate of drug-likeness (QED) is 0.370. The lowest BCUT2D eigenvalue weighted by molar-refractivity contribution is 0.102. The third kappa shape index (κ3) is 4.16. The third-order valence-corrected chi connectivity index (χ3v) is 6.66. The van der Waals surface area contributed by atoms with E-state index in [4.69, 9.17) is 0 Å². The van der Waals surface area contributed by atoms with Crippen molar-refractivity contribution in [2.45, 2.75) is 4.21 Å². The van der Waals surface area contributed by atoms with Crippen LogP contribution in [0, 0.1) is 0 Å². The molecule has 2 aromatic carbocycles. The second-order valence-corrected chi connectivity index (χ2v) is 7.96. The Balaban J connectivity index is 1.65. The summed E-state index contributed by atoms with van der Waals surface area (Å²) in [5, 5.41) is 0. The van der Waals surface area contributed by atoms with E-state index in [1.165, 1.54) is 0 Å². The van der Waals surface area contributed by atoms with Gasteiger partial charge >= 0.3 is 0 Å². The summed E-state index contributed by atoms with van der Waals surface area (Å²) in [5.41, 5.74) is 1.72. The van der Waals surface area contributed by atoms with Gasteiger partial charge < -0.3 is 0 Å². The molecule has 0 atom stereocenters. The van der Waals surface area contributed by atoms with Gasteiger partial charge in [-0.2, -0.15) is 0 Å². The zero-order chi connectivity index (χ0) is 15.2. The van der Waals surface area contributed by atoms with Crippen LogP contribution in [0.25, 0.3) is 0 Å². The first kappa shape index (κ1) is 15.2. The minimum Gasteiger partial charge on any atom is -0.293 e. The minimum atomic E-state index is 0.158. The molecule has 0 aliphatic heterocycles. The van der Waals surface area contributed by atoms with Crippen molar-refractivity contribution in [2.24, 2.45) is 4.99 Å². The number of thioether (sulfide) groups is 1. The van der Waals surface area contributed by atoms with Crippen LogP contribution < -0.4 is 4.67 Å². The average Bonchev–Trinajstić information content (AvgIpc) is 3.02. The number of rotatable bonds is 5. The zero-order valence-electron chi connectivity index (χ0n) is 11.6. The first-order valence-corrected chi connectivity index (χ1v) is 9.86. The number of ketones is 1. The van der Waals surface area contributed by atoms with Gasteiger partial charge in [0.25, 0.3) is 0 Å². The van der Waals surface area contributed by atoms with Crippen molar-refractivity contribution in [2.75, 3.05) is 5.75 Å². The molecule has 0 saturated carbocycles. The second kappa shape index (κ2) is 7.54. The minimum absolute atomic E-state index is 0.158. The highest BCUT2D eigenvalue weighted by atomic mass is 32.9. The van der Waals surface area contributed by atoms with E-state index in [9.17, 15) is 4.79 Å². The molecule has 22 heavy (non-hydrogen) atoms. The Morgan fingerprint density at radius 2 is 1.64 bits per heavy atom. The smallest absolute Gasteiger partial charge is 0.173 e. The molecule has 0 unspecified atom stereocenters. The van der Waals surface area contributed by atoms with Crippen LogP contribution in [0.5, 0.6) is 0 Å². The summed E-state index contributed by atoms with van der Waals surface area (Å²) < 4.78 is 2.11. The van der Waals surface area contributed by atoms with E-state index in [1.54, 1.807) is 32.4 Å². The molecule has 2 nitrogen and oxygen atoms in total. The molecule has 0 radical (unpaired) electrons. The van der Waals surface area contributed by atoms with Gasteiger partial charge in [0.15, 0.2) is 5.78 Å². The fourth-order valence-electron chi connectivity index (χ4n) is 1.82. The van der Waals surface area contributed by atoms with Crippen molar-refractivity contribution in [3.05, 3.63) is 77.0 Å². The van der Waals surface area contributed by atoms with E-state index >= 15 is 0 Å². The standard InChI is InChI=1S/C17H13NOS3/c19-15(13-7-3-1-4-8-13)12-20-17-11-16(21-22-17)18-14-9-5-2-6-10-14/h1-11H,12H2. The van der Waals surface area contributed by atoms with Crippen LogP contribution in [0.15, 0.2) is 75.9 Å². The topological polar surface area (TPSA) is 29.4 Å². The maximum Gasteiger partial charge on any atom is 0.173 e. The van der Waals surface area contributed by atoms with Gasteiger partial charge in [-0.1, -0.05) is 69.2 Å². The van der Waals surface area contributed by atoms with Crippen LogP contribution in [0.4, 0.5) is 5.69 Å². The first-order valence-electron chi connectivity index (χ1n) is 6.72. The van der Waals surface area contributed by atoms with Gasteiger partial charge in [0.2, 0.25) is 0 Å². The number of hydrogen-bond acceptors (Lipinski definition) is 5. The molecule has 0 amide bonds. The molecule has 1 heterocycles. The molecule has 0 aliphatic carbocycles. The largest absolute Gasteiger partial charge is 0.293 e. The average molecular weight is 343 g/mol. The molecule has 0 saturated heterocycles. The summed E-state index contributed by atoms with van der Waals surface area (Å²) >= 11 is 1.57. The van der Waals surface area contributed by atoms with Crippen molar-refractivity contribution in [3.63, 3.8) is 0 Å². The third-order valence-electron chi connectivity index (χ3n) is 2.89. The summed E-state index contributed by atoms with van der Waals surface area (Å²) in [6.45, 7) is 0. The lowest BCUT2D eigenvalue weighted by Crippen LogP contribution is -2.01. The molecule has 3 rings (SSSR count). The molecule has 1 aromatic heterocycles. The molecule has 3 aromatic rings. The van der Waals surface area contributed by atoms with Gasteiger partial charge in [0.05, 0.1) is 15.6 Å². The first-order chi connectivity index (χ1) is 10.8. The fourth-order valence-corrected chi connectivity index (χ4v) is 5.25. The van der Waals surface area contributed by atoms with Gasteiger partial charge in [-0.05, 0) is 18.2 Å². The van der Waals surface area contributed by atoms with Gasteiger partial charge in [-0.25, -0.2) is 4.99 Å². The van der Waals surface area contributed by atoms with Crippen molar-refractivity contribution >= 4 is 43.9 Å². The summed E-state index contributed by atoms with van der Waals surface area (Å²) in [6, 6.07) is 21.4. The molecular formula is C17H13NOS3. The molecule has 0 bridgehead atoms. The molecular weight excluding hydrogens is 330 g/mol. The molecule has 0 N–H and O–H groups in total. The van der Waals surface area contributed by atoms with Crippen molar-refractivity contribution in [1.82, 2.24) is 0 Å². The highest BCUT2D eigenvalue weighted by Gasteiger charge is 2.07. The van der Waals surface area contributed by atoms with Gasteiger partial charge in [0.1, 0.15) is 4.67 Å². The number of carbonyl (C=O) groups excluding carboxylic acids is 1. The molecule has 110 valence electrons. The van der Waals surface area contributed by atoms with Gasteiger partial charge in [-0.15, -0.1) is 11.8 Å². The van der Waals surface area contributed by atoms with Gasteiger partial charge in [-0.3, -0.25) is 4.79 Å². The highest BCUT2D eigenvalue weighted by molar-refractivity contribution is 8.03. The summed E-state index contributed by atoms with van der Waals surface area (Å²) in [4.78, 5) is 16.7. The van der Waals surface area contributed by atoms with E-state index in [-0.39, 0.29) is 5.78 Å². The Hall–Kier alpha value is -1.69. The predicted octanol–water partition coefficient (Wildman–Crippen LogP) is 5.02. The number of para-hydroxylation sites is 1. The number of Topliss-reactive ketones (excluding diaryl/α,β-unsaturated/α-hetero) is 1. The van der Waals surface area contributed by atoms with Crippen molar-refractivity contribution in [3.8, 4) is 0 Å². The lowest BCUT2D eigenvalue weighted by Gasteiger charge is -1.98. The summed E-state index contributed by atoms with van der Waals surface area (Å²) in [7, 11) is 3.30. The van der Waals surface area contributed by atoms with Crippen LogP contribution in [0.3, 0.4) is 0 Å². The molecule has 0 spiro atoms. The highest BCUT2D eigenvalue weighted by Crippen LogP contribution is 2.25. The van der Waals surface area contributed by atoms with Crippen LogP contribution in [-0.4, -0.2) is 11.5 Å². The van der Waals surface area contributed by atoms with E-state index < -0.39 is 0 Å². The molecule has 0 fully saturated rings. The Labute approximate surface area is 140 Å². The Kier molecular flexibility index (Phi) is 5.21. The van der Waals surface area contributed by atoms with E-state index in [1.807, 2.05) is 66.7 Å². The predicted molar refractivity (Wildman–Crippen MR) is 95.4 cm³/mol. The number of hydrogen-bond donors (Lipinski definition) is 0. The van der Waals surface area contributed by atoms with Crippen molar-refractivity contribution < 1.29 is 4.79 Å². The van der Waals surface area contributed by atoms with Gasteiger partial charge in [0, 0.05) is 5.56 Å². The monoisotopic (exact) mass is 343 g/mol.